The molecule has 0 amide bonds. The Hall–Kier alpha value is -3.45. The number of rotatable bonds is 5. The molecule has 1 aliphatic rings. The largest absolute Gasteiger partial charge is 0.496 e. The summed E-state index contributed by atoms with van der Waals surface area (Å²) >= 11 is 1.30. The molecule has 2 heterocycles. The molecule has 6 nitrogen and oxygen atoms in total. The Morgan fingerprint density at radius 1 is 1.19 bits per heavy atom. The van der Waals surface area contributed by atoms with E-state index < -0.39 is 12.0 Å². The maximum atomic E-state index is 13.5. The van der Waals surface area contributed by atoms with Gasteiger partial charge in [-0.3, -0.25) is 9.36 Å². The summed E-state index contributed by atoms with van der Waals surface area (Å²) in [6, 6.07) is 14.7. The van der Waals surface area contributed by atoms with Crippen LogP contribution in [0.4, 0.5) is 0 Å². The number of nitrogens with zero attached hydrogens (tertiary/aromatic N) is 2. The van der Waals surface area contributed by atoms with E-state index in [1.807, 2.05) is 61.5 Å². The van der Waals surface area contributed by atoms with Crippen LogP contribution >= 0.6 is 11.3 Å². The fourth-order valence-electron chi connectivity index (χ4n) is 3.82. The predicted molar refractivity (Wildman–Crippen MR) is 125 cm³/mol. The molecule has 0 radical (unpaired) electrons. The van der Waals surface area contributed by atoms with Crippen molar-refractivity contribution < 1.29 is 14.3 Å². The molecule has 7 heteroatoms. The molecule has 0 aliphatic carbocycles. The molecule has 0 fully saturated rings. The minimum Gasteiger partial charge on any atom is -0.496 e. The molecule has 2 aromatic carbocycles. The summed E-state index contributed by atoms with van der Waals surface area (Å²) in [5, 5.41) is 0. The maximum absolute atomic E-state index is 13.5. The van der Waals surface area contributed by atoms with Crippen LogP contribution in [0.5, 0.6) is 5.75 Å². The summed E-state index contributed by atoms with van der Waals surface area (Å²) in [5.74, 6) is 0.300. The van der Waals surface area contributed by atoms with Crippen molar-refractivity contribution in [2.24, 2.45) is 4.99 Å². The predicted octanol–water partition coefficient (Wildman–Crippen LogP) is 3.12. The van der Waals surface area contributed by atoms with Crippen molar-refractivity contribution in [3.05, 3.63) is 96.2 Å². The van der Waals surface area contributed by atoms with Crippen LogP contribution in [-0.4, -0.2) is 24.3 Å². The van der Waals surface area contributed by atoms with Gasteiger partial charge in [0.1, 0.15) is 5.75 Å². The molecule has 0 saturated heterocycles. The monoisotopic (exact) mass is 448 g/mol. The van der Waals surface area contributed by atoms with Crippen LogP contribution in [0.3, 0.4) is 0 Å². The lowest BCUT2D eigenvalue weighted by Crippen LogP contribution is -2.39. The lowest BCUT2D eigenvalue weighted by Gasteiger charge is -2.24. The van der Waals surface area contributed by atoms with Gasteiger partial charge in [-0.05, 0) is 49.6 Å². The Kier molecular flexibility index (Phi) is 6.10. The summed E-state index contributed by atoms with van der Waals surface area (Å²) in [7, 11) is 1.62. The summed E-state index contributed by atoms with van der Waals surface area (Å²) in [6.45, 7) is 5.76. The zero-order valence-electron chi connectivity index (χ0n) is 18.4. The van der Waals surface area contributed by atoms with Gasteiger partial charge in [-0.1, -0.05) is 53.8 Å². The third kappa shape index (κ3) is 3.91. The van der Waals surface area contributed by atoms with Crippen molar-refractivity contribution in [3.8, 4) is 5.75 Å². The molecule has 4 rings (SSSR count). The number of allylic oxidation sites excluding steroid dienone is 1. The average molecular weight is 449 g/mol. The number of hydrogen-bond donors (Lipinski definition) is 0. The van der Waals surface area contributed by atoms with Crippen LogP contribution in [0.25, 0.3) is 6.08 Å². The number of benzene rings is 2. The van der Waals surface area contributed by atoms with E-state index in [4.69, 9.17) is 9.47 Å². The topological polar surface area (TPSA) is 69.9 Å². The number of thiazole rings is 1. The van der Waals surface area contributed by atoms with Gasteiger partial charge in [-0.2, -0.15) is 0 Å². The van der Waals surface area contributed by atoms with E-state index in [-0.39, 0.29) is 12.2 Å². The Morgan fingerprint density at radius 3 is 2.62 bits per heavy atom. The van der Waals surface area contributed by atoms with Gasteiger partial charge in [0, 0.05) is 0 Å². The quantitative estimate of drug-likeness (QED) is 0.563. The zero-order valence-corrected chi connectivity index (χ0v) is 19.2. The van der Waals surface area contributed by atoms with Gasteiger partial charge in [-0.25, -0.2) is 9.79 Å². The molecule has 1 aliphatic heterocycles. The number of carbonyl (C=O) groups excluding carboxylic acids is 1. The maximum Gasteiger partial charge on any atom is 0.338 e. The van der Waals surface area contributed by atoms with E-state index in [0.717, 1.165) is 22.4 Å². The standard InChI is InChI=1S/C25H24N2O4S/c1-5-31-24(29)21-16(3)26-25-27(22(21)18-9-7-6-8-10-18)23(28)20(32-25)14-17-12-11-15(2)19(13-17)30-4/h6-14,22H,5H2,1-4H3/b20-14-/t22-/m0/s1. The zero-order chi connectivity index (χ0) is 22.8. The second-order valence-electron chi connectivity index (χ2n) is 7.44. The smallest absolute Gasteiger partial charge is 0.338 e. The Labute approximate surface area is 189 Å². The van der Waals surface area contributed by atoms with Crippen molar-refractivity contribution in [1.29, 1.82) is 0 Å². The number of hydrogen-bond acceptors (Lipinski definition) is 6. The number of carbonyl (C=O) groups is 1. The minimum absolute atomic E-state index is 0.198. The molecule has 0 spiro atoms. The molecule has 32 heavy (non-hydrogen) atoms. The van der Waals surface area contributed by atoms with Crippen LogP contribution in [0.2, 0.25) is 0 Å². The van der Waals surface area contributed by atoms with Gasteiger partial charge < -0.3 is 9.47 Å². The lowest BCUT2D eigenvalue weighted by molar-refractivity contribution is -0.139. The highest BCUT2D eigenvalue weighted by Gasteiger charge is 2.33. The first-order valence-corrected chi connectivity index (χ1v) is 11.2. The number of ether oxygens (including phenoxy) is 2. The molecule has 1 atom stereocenters. The highest BCUT2D eigenvalue weighted by Crippen LogP contribution is 2.30. The van der Waals surface area contributed by atoms with E-state index in [1.54, 1.807) is 25.5 Å². The molecule has 164 valence electrons. The van der Waals surface area contributed by atoms with Gasteiger partial charge in [-0.15, -0.1) is 0 Å². The lowest BCUT2D eigenvalue weighted by atomic mass is 9.96. The van der Waals surface area contributed by atoms with E-state index >= 15 is 0 Å². The summed E-state index contributed by atoms with van der Waals surface area (Å²) in [5.41, 5.74) is 3.45. The van der Waals surface area contributed by atoms with Gasteiger partial charge in [0.2, 0.25) is 0 Å². The Bertz CT molecular complexity index is 1380. The second kappa shape index (κ2) is 8.96. The van der Waals surface area contributed by atoms with Crippen molar-refractivity contribution >= 4 is 23.4 Å². The van der Waals surface area contributed by atoms with E-state index in [0.29, 0.717) is 20.6 Å². The van der Waals surface area contributed by atoms with Crippen molar-refractivity contribution in [3.63, 3.8) is 0 Å². The SMILES string of the molecule is CCOC(=O)C1=C(C)N=c2s/c(=C\c3ccc(C)c(OC)c3)c(=O)n2[C@H]1c1ccccc1. The van der Waals surface area contributed by atoms with Crippen LogP contribution in [0.1, 0.15) is 36.6 Å². The number of aryl methyl sites for hydroxylation is 1. The first-order valence-electron chi connectivity index (χ1n) is 10.3. The fraction of sp³-hybridized carbons (Fsp3) is 0.240. The van der Waals surface area contributed by atoms with Gasteiger partial charge in [0.05, 0.1) is 35.6 Å². The summed E-state index contributed by atoms with van der Waals surface area (Å²) in [6.07, 6.45) is 1.83. The third-order valence-corrected chi connectivity index (χ3v) is 6.35. The Balaban J connectivity index is 1.93. The molecule has 0 N–H and O–H groups in total. The fourth-order valence-corrected chi connectivity index (χ4v) is 4.87. The van der Waals surface area contributed by atoms with Crippen LogP contribution < -0.4 is 19.6 Å². The second-order valence-corrected chi connectivity index (χ2v) is 8.45. The molecular formula is C25H24N2O4S. The molecule has 0 saturated carbocycles. The molecule has 3 aromatic rings. The van der Waals surface area contributed by atoms with Crippen LogP contribution in [0, 0.1) is 6.92 Å². The van der Waals surface area contributed by atoms with Crippen LogP contribution in [0.15, 0.2) is 69.6 Å². The Morgan fingerprint density at radius 2 is 1.94 bits per heavy atom. The number of esters is 1. The average Bonchev–Trinajstić information content (AvgIpc) is 3.09. The van der Waals surface area contributed by atoms with Crippen LogP contribution in [-0.2, 0) is 9.53 Å². The molecule has 1 aromatic heterocycles. The van der Waals surface area contributed by atoms with Crippen molar-refractivity contribution in [2.45, 2.75) is 26.8 Å². The third-order valence-electron chi connectivity index (χ3n) is 5.36. The number of fused-ring (bicyclic) bond motifs is 1. The highest BCUT2D eigenvalue weighted by molar-refractivity contribution is 7.07. The normalized spacial score (nSPS) is 15.9. The minimum atomic E-state index is -0.596. The van der Waals surface area contributed by atoms with Gasteiger partial charge in [0.25, 0.3) is 5.56 Å². The number of methoxy groups -OCH3 is 1. The van der Waals surface area contributed by atoms with E-state index in [9.17, 15) is 9.59 Å². The number of aromatic nitrogens is 1. The first-order chi connectivity index (χ1) is 15.4. The highest BCUT2D eigenvalue weighted by atomic mass is 32.1. The van der Waals surface area contributed by atoms with E-state index in [2.05, 4.69) is 4.99 Å². The van der Waals surface area contributed by atoms with Gasteiger partial charge >= 0.3 is 5.97 Å². The van der Waals surface area contributed by atoms with E-state index in [1.165, 1.54) is 11.3 Å². The summed E-state index contributed by atoms with van der Waals surface area (Å²) < 4.78 is 12.8. The summed E-state index contributed by atoms with van der Waals surface area (Å²) in [4.78, 5) is 31.5. The van der Waals surface area contributed by atoms with Crippen molar-refractivity contribution in [2.75, 3.05) is 13.7 Å². The molecule has 0 bridgehead atoms. The first kappa shape index (κ1) is 21.8. The molecular weight excluding hydrogens is 424 g/mol. The van der Waals surface area contributed by atoms with Crippen molar-refractivity contribution in [1.82, 2.24) is 4.57 Å². The molecule has 0 unspecified atom stereocenters. The van der Waals surface area contributed by atoms with Gasteiger partial charge in [0.15, 0.2) is 4.80 Å².